The van der Waals surface area contributed by atoms with Crippen molar-refractivity contribution in [3.63, 3.8) is 0 Å². The van der Waals surface area contributed by atoms with Gasteiger partial charge < -0.3 is 50.1 Å². The van der Waals surface area contributed by atoms with E-state index in [1.165, 1.54) is 14.2 Å². The normalized spacial score (nSPS) is 17.2. The summed E-state index contributed by atoms with van der Waals surface area (Å²) in [6, 6.07) is 10.3. The Morgan fingerprint density at radius 2 is 1.31 bits per heavy atom. The van der Waals surface area contributed by atoms with Crippen LogP contribution in [0.5, 0.6) is 0 Å². The van der Waals surface area contributed by atoms with E-state index in [2.05, 4.69) is 46.9 Å². The lowest BCUT2D eigenvalue weighted by atomic mass is 10.1. The number of hydrogen-bond acceptors (Lipinski definition) is 10. The summed E-state index contributed by atoms with van der Waals surface area (Å²) in [5.41, 5.74) is 4.53. The molecule has 18 heteroatoms. The zero-order valence-corrected chi connectivity index (χ0v) is 31.9. The molecule has 0 spiro atoms. The van der Waals surface area contributed by atoms with E-state index in [9.17, 15) is 33.9 Å². The van der Waals surface area contributed by atoms with Gasteiger partial charge in [0.2, 0.25) is 11.8 Å². The van der Waals surface area contributed by atoms with Gasteiger partial charge in [0.05, 0.1) is 49.2 Å². The third kappa shape index (κ3) is 9.72. The lowest BCUT2D eigenvalue weighted by Gasteiger charge is -2.28. The van der Waals surface area contributed by atoms with Gasteiger partial charge in [0, 0.05) is 37.1 Å². The van der Waals surface area contributed by atoms with Gasteiger partial charge in [-0.1, -0.05) is 24.0 Å². The molecule has 6 N–H and O–H groups in total. The van der Waals surface area contributed by atoms with Gasteiger partial charge in [-0.15, -0.1) is 0 Å². The van der Waals surface area contributed by atoms with E-state index in [4.69, 9.17) is 10.1 Å². The van der Waals surface area contributed by atoms with Gasteiger partial charge >= 0.3 is 24.1 Å². The van der Waals surface area contributed by atoms with Crippen LogP contribution >= 0.6 is 0 Å². The minimum Gasteiger partial charge on any atom is -0.481 e. The number of aromatic nitrogens is 4. The number of amides is 4. The minimum absolute atomic E-state index is 0.0767. The maximum absolute atomic E-state index is 13.5. The minimum atomic E-state index is -1.08. The summed E-state index contributed by atoms with van der Waals surface area (Å²) in [6.45, 7) is 0.864. The number of aromatic amines is 2. The van der Waals surface area contributed by atoms with E-state index < -0.39 is 48.0 Å². The number of imidazole rings is 2. The molecule has 4 amide bonds. The molecule has 304 valence electrons. The highest BCUT2D eigenvalue weighted by molar-refractivity contribution is 5.88. The van der Waals surface area contributed by atoms with E-state index >= 15 is 0 Å². The summed E-state index contributed by atoms with van der Waals surface area (Å²) >= 11 is 0. The molecule has 0 aliphatic carbocycles. The lowest BCUT2D eigenvalue weighted by molar-refractivity contribution is -0.140. The number of carboxylic acids is 2. The van der Waals surface area contributed by atoms with Crippen molar-refractivity contribution in [3.8, 4) is 23.1 Å². The molecule has 2 fully saturated rings. The van der Waals surface area contributed by atoms with Crippen molar-refractivity contribution in [2.45, 2.75) is 75.5 Å². The zero-order valence-electron chi connectivity index (χ0n) is 31.9. The number of H-pyrrole nitrogens is 2. The van der Waals surface area contributed by atoms with Crippen LogP contribution in [0, 0.1) is 11.8 Å². The molecule has 2 aromatic carbocycles. The molecule has 4 aromatic rings. The largest absolute Gasteiger partial charge is 0.481 e. The third-order valence-corrected chi connectivity index (χ3v) is 10.2. The van der Waals surface area contributed by atoms with E-state index in [0.29, 0.717) is 55.9 Å². The third-order valence-electron chi connectivity index (χ3n) is 10.2. The Balaban J connectivity index is 1.11. The lowest BCUT2D eigenvalue weighted by Crippen LogP contribution is -2.48. The Hall–Kier alpha value is -6.90. The number of carbonyl (C=O) groups is 6. The number of aliphatic carboxylic acids is 2. The second kappa shape index (κ2) is 18.4. The van der Waals surface area contributed by atoms with Crippen LogP contribution < -0.4 is 10.6 Å². The number of carboxylic acid groups (broad SMARTS) is 2. The molecule has 0 radical (unpaired) electrons. The Morgan fingerprint density at radius 1 is 0.776 bits per heavy atom. The monoisotopic (exact) mass is 796 g/mol. The van der Waals surface area contributed by atoms with Crippen molar-refractivity contribution in [1.29, 1.82) is 0 Å². The Bertz CT molecular complexity index is 2240. The van der Waals surface area contributed by atoms with Crippen molar-refractivity contribution < 1.29 is 48.5 Å². The second-order valence-corrected chi connectivity index (χ2v) is 14.0. The van der Waals surface area contributed by atoms with E-state index in [0.717, 1.165) is 27.9 Å². The van der Waals surface area contributed by atoms with Gasteiger partial charge in [-0.3, -0.25) is 19.2 Å². The summed E-state index contributed by atoms with van der Waals surface area (Å²) in [4.78, 5) is 92.4. The van der Waals surface area contributed by atoms with Crippen molar-refractivity contribution in [2.75, 3.05) is 27.3 Å². The van der Waals surface area contributed by atoms with Gasteiger partial charge in [0.15, 0.2) is 0 Å². The number of alkyl carbamates (subject to hydrolysis) is 2. The number of hydrogen-bond donors (Lipinski definition) is 6. The smallest absolute Gasteiger partial charge is 0.407 e. The maximum Gasteiger partial charge on any atom is 0.407 e. The van der Waals surface area contributed by atoms with Gasteiger partial charge in [0.1, 0.15) is 23.7 Å². The SMILES string of the molecule is COC(=O)NC(CCC(=O)O)C(=O)N1CCC[C@H]1c1ncc(-c2ccc(C#Cc3ccc4nc([C@@H]5CCCN5C(=O)[C@H](CCC(=O)O)NC(=O)OC)[nH]c4c3)cc2)[nH]1. The molecule has 1 unspecified atom stereocenters. The summed E-state index contributed by atoms with van der Waals surface area (Å²) in [5, 5.41) is 23.3. The Morgan fingerprint density at radius 3 is 1.86 bits per heavy atom. The van der Waals surface area contributed by atoms with E-state index in [1.807, 2.05) is 42.5 Å². The molecule has 6 rings (SSSR count). The number of fused-ring (bicyclic) bond motifs is 1. The number of nitrogens with one attached hydrogen (secondary N) is 4. The first-order chi connectivity index (χ1) is 27.9. The van der Waals surface area contributed by atoms with Crippen molar-refractivity contribution in [1.82, 2.24) is 40.4 Å². The van der Waals surface area contributed by atoms with Crippen LogP contribution in [-0.2, 0) is 28.7 Å². The van der Waals surface area contributed by atoms with Crippen LogP contribution in [0.25, 0.3) is 22.3 Å². The fourth-order valence-electron chi connectivity index (χ4n) is 7.28. The molecular weight excluding hydrogens is 752 g/mol. The van der Waals surface area contributed by atoms with Crippen molar-refractivity contribution in [2.24, 2.45) is 0 Å². The molecular formula is C40H44N8O10. The average Bonchev–Trinajstić information content (AvgIpc) is 4.05. The highest BCUT2D eigenvalue weighted by atomic mass is 16.5. The van der Waals surface area contributed by atoms with Crippen LogP contribution in [-0.4, -0.2) is 115 Å². The highest BCUT2D eigenvalue weighted by Crippen LogP contribution is 2.34. The number of carbonyl (C=O) groups excluding carboxylic acids is 4. The van der Waals surface area contributed by atoms with Crippen molar-refractivity contribution in [3.05, 3.63) is 71.4 Å². The van der Waals surface area contributed by atoms with Crippen LogP contribution in [0.2, 0.25) is 0 Å². The van der Waals surface area contributed by atoms with Gasteiger partial charge in [-0.05, 0) is 74.4 Å². The fraction of sp³-hybridized carbons (Fsp3) is 0.400. The highest BCUT2D eigenvalue weighted by Gasteiger charge is 2.38. The number of methoxy groups -OCH3 is 2. The number of benzene rings is 2. The summed E-state index contributed by atoms with van der Waals surface area (Å²) in [7, 11) is 2.35. The van der Waals surface area contributed by atoms with Crippen LogP contribution in [0.15, 0.2) is 48.7 Å². The zero-order chi connectivity index (χ0) is 41.3. The maximum atomic E-state index is 13.5. The quantitative estimate of drug-likeness (QED) is 0.106. The number of nitrogens with zero attached hydrogens (tertiary/aromatic N) is 4. The molecule has 4 atom stereocenters. The van der Waals surface area contributed by atoms with Gasteiger partial charge in [-0.25, -0.2) is 19.6 Å². The molecule has 0 bridgehead atoms. The molecule has 4 heterocycles. The molecule has 58 heavy (non-hydrogen) atoms. The topological polar surface area (TPSA) is 249 Å². The second-order valence-electron chi connectivity index (χ2n) is 14.0. The van der Waals surface area contributed by atoms with E-state index in [1.54, 1.807) is 16.0 Å². The van der Waals surface area contributed by atoms with Gasteiger partial charge in [0.25, 0.3) is 0 Å². The number of rotatable bonds is 13. The predicted molar refractivity (Wildman–Crippen MR) is 206 cm³/mol. The molecule has 2 aliphatic heterocycles. The molecule has 2 saturated heterocycles. The van der Waals surface area contributed by atoms with Crippen LogP contribution in [0.3, 0.4) is 0 Å². The summed E-state index contributed by atoms with van der Waals surface area (Å²) in [6.07, 6.45) is 2.03. The first kappa shape index (κ1) is 40.8. The average molecular weight is 797 g/mol. The molecule has 18 nitrogen and oxygen atoms in total. The fourth-order valence-corrected chi connectivity index (χ4v) is 7.28. The Labute approximate surface area is 332 Å². The van der Waals surface area contributed by atoms with Crippen LogP contribution in [0.1, 0.15) is 86.2 Å². The predicted octanol–water partition coefficient (Wildman–Crippen LogP) is 3.86. The molecule has 2 aliphatic rings. The number of ether oxygens (including phenoxy) is 2. The van der Waals surface area contributed by atoms with Crippen LogP contribution in [0.4, 0.5) is 9.59 Å². The molecule has 2 aromatic heterocycles. The molecule has 0 saturated carbocycles. The summed E-state index contributed by atoms with van der Waals surface area (Å²) < 4.78 is 9.30. The van der Waals surface area contributed by atoms with Gasteiger partial charge in [-0.2, -0.15) is 0 Å². The standard InChI is InChI=1S/C40H44N8O10/c1-57-39(55)45-27(15-17-33(49)50)37(53)47-19-3-5-31(47)35-41-22-30(44-35)25-12-9-23(10-13-25)7-8-24-11-14-26-29(21-24)43-36(42-26)32-6-4-20-48(32)38(54)28(16-18-34(51)52)46-40(56)58-2/h9-14,21-22,27-28,31-32H,3-6,15-20H2,1-2H3,(H,41,44)(H,42,43)(H,45,55)(H,46,56)(H,49,50)(H,51,52)/t27?,28-,31-,32-/m0/s1. The first-order valence-corrected chi connectivity index (χ1v) is 18.8. The number of likely N-dealkylation sites (tertiary alicyclic amines) is 2. The van der Waals surface area contributed by atoms with E-state index in [-0.39, 0.29) is 37.8 Å². The Kier molecular flexibility index (Phi) is 12.9. The van der Waals surface area contributed by atoms with Crippen molar-refractivity contribution >= 4 is 47.0 Å². The summed E-state index contributed by atoms with van der Waals surface area (Å²) in [5.74, 6) is 4.59. The first-order valence-electron chi connectivity index (χ1n) is 18.8.